The third-order valence-electron chi connectivity index (χ3n) is 9.97. The molecule has 0 unspecified atom stereocenters. The number of aromatic nitrogens is 3. The van der Waals surface area contributed by atoms with Gasteiger partial charge in [-0.25, -0.2) is 15.0 Å². The number of hydrogen-bond acceptors (Lipinski definition) is 4. The van der Waals surface area contributed by atoms with E-state index in [4.69, 9.17) is 19.4 Å². The van der Waals surface area contributed by atoms with Crippen molar-refractivity contribution in [2.75, 3.05) is 0 Å². The van der Waals surface area contributed by atoms with Gasteiger partial charge in [0.25, 0.3) is 0 Å². The Morgan fingerprint density at radius 1 is 0.283 bits per heavy atom. The fourth-order valence-corrected chi connectivity index (χ4v) is 7.39. The summed E-state index contributed by atoms with van der Waals surface area (Å²) >= 11 is 0. The third-order valence-corrected chi connectivity index (χ3v) is 9.97. The monoisotopic (exact) mass is 677 g/mol. The van der Waals surface area contributed by atoms with Gasteiger partial charge in [-0.05, 0) is 68.4 Å². The van der Waals surface area contributed by atoms with Crippen molar-refractivity contribution in [2.24, 2.45) is 0 Å². The van der Waals surface area contributed by atoms with E-state index in [0.29, 0.717) is 17.5 Å². The van der Waals surface area contributed by atoms with E-state index in [1.807, 2.05) is 54.6 Å². The molecule has 4 heteroatoms. The zero-order valence-corrected chi connectivity index (χ0v) is 28.6. The van der Waals surface area contributed by atoms with Gasteiger partial charge >= 0.3 is 0 Å². The molecule has 0 atom stereocenters. The summed E-state index contributed by atoms with van der Waals surface area (Å²) in [5, 5.41) is 4.41. The first-order chi connectivity index (χ1) is 26.3. The molecule has 248 valence electrons. The zero-order chi connectivity index (χ0) is 35.1. The molecule has 0 saturated carbocycles. The molecule has 0 radical (unpaired) electrons. The lowest BCUT2D eigenvalue weighted by atomic mass is 9.92. The first kappa shape index (κ1) is 30.6. The minimum absolute atomic E-state index is 0.624. The summed E-state index contributed by atoms with van der Waals surface area (Å²) in [5.74, 6) is 1.88. The van der Waals surface area contributed by atoms with Crippen LogP contribution in [-0.2, 0) is 0 Å². The number of furan rings is 1. The first-order valence-electron chi connectivity index (χ1n) is 17.8. The lowest BCUT2D eigenvalue weighted by molar-refractivity contribution is 0.669. The summed E-state index contributed by atoms with van der Waals surface area (Å²) in [4.78, 5) is 15.4. The third kappa shape index (κ3) is 5.54. The highest BCUT2D eigenvalue weighted by atomic mass is 16.3. The second-order valence-electron chi connectivity index (χ2n) is 13.2. The second kappa shape index (κ2) is 12.9. The van der Waals surface area contributed by atoms with Crippen LogP contribution < -0.4 is 0 Å². The normalized spacial score (nSPS) is 11.4. The molecule has 0 N–H and O–H groups in total. The highest BCUT2D eigenvalue weighted by Gasteiger charge is 2.19. The first-order valence-corrected chi connectivity index (χ1v) is 17.8. The van der Waals surface area contributed by atoms with Gasteiger partial charge in [0.05, 0.1) is 0 Å². The number of hydrogen-bond donors (Lipinski definition) is 0. The molecular weight excluding hydrogens is 647 g/mol. The van der Waals surface area contributed by atoms with Gasteiger partial charge in [-0.2, -0.15) is 0 Å². The molecule has 0 aliphatic carbocycles. The Morgan fingerprint density at radius 2 is 0.774 bits per heavy atom. The number of benzene rings is 8. The maximum atomic E-state index is 6.26. The summed E-state index contributed by atoms with van der Waals surface area (Å²) < 4.78 is 6.26. The Morgan fingerprint density at radius 3 is 1.53 bits per heavy atom. The van der Waals surface area contributed by atoms with Crippen molar-refractivity contribution in [1.82, 2.24) is 15.0 Å². The summed E-state index contributed by atoms with van der Waals surface area (Å²) in [6, 6.07) is 65.1. The standard InChI is InChI=1S/C49H31N3O/c1-3-13-32(14-4-1)33-25-27-34(28-26-33)36-17-11-18-37(31-36)48-50-47(35-15-5-2-6-16-35)51-49(52-48)42-30-29-40(38-19-7-8-20-39(38)42)41-22-12-24-45-46(41)43-21-9-10-23-44(43)53-45/h1-31H. The van der Waals surface area contributed by atoms with Crippen molar-refractivity contribution in [3.8, 4) is 67.5 Å². The van der Waals surface area contributed by atoms with Crippen LogP contribution in [0.1, 0.15) is 0 Å². The van der Waals surface area contributed by atoms with Crippen molar-refractivity contribution in [3.63, 3.8) is 0 Å². The summed E-state index contributed by atoms with van der Waals surface area (Å²) in [6.45, 7) is 0. The number of nitrogens with zero attached hydrogens (tertiary/aromatic N) is 3. The Bertz CT molecular complexity index is 2930. The smallest absolute Gasteiger partial charge is 0.164 e. The van der Waals surface area contributed by atoms with Gasteiger partial charge in [0.1, 0.15) is 11.2 Å². The minimum Gasteiger partial charge on any atom is -0.456 e. The van der Waals surface area contributed by atoms with Crippen molar-refractivity contribution in [3.05, 3.63) is 188 Å². The van der Waals surface area contributed by atoms with Crippen molar-refractivity contribution >= 4 is 32.7 Å². The van der Waals surface area contributed by atoms with Crippen LogP contribution in [0.4, 0.5) is 0 Å². The lowest BCUT2D eigenvalue weighted by Gasteiger charge is -2.14. The minimum atomic E-state index is 0.624. The van der Waals surface area contributed by atoms with Crippen LogP contribution in [0.5, 0.6) is 0 Å². The molecule has 0 amide bonds. The molecule has 0 bridgehead atoms. The van der Waals surface area contributed by atoms with Crippen LogP contribution in [-0.4, -0.2) is 15.0 Å². The molecule has 0 fully saturated rings. The average Bonchev–Trinajstić information content (AvgIpc) is 3.63. The number of rotatable bonds is 6. The van der Waals surface area contributed by atoms with E-state index in [2.05, 4.69) is 133 Å². The fraction of sp³-hybridized carbons (Fsp3) is 0. The molecule has 0 aliphatic rings. The Labute approximate surface area is 306 Å². The van der Waals surface area contributed by atoms with Gasteiger partial charge < -0.3 is 4.42 Å². The van der Waals surface area contributed by atoms with Gasteiger partial charge in [-0.15, -0.1) is 0 Å². The van der Waals surface area contributed by atoms with E-state index in [9.17, 15) is 0 Å². The summed E-state index contributed by atoms with van der Waals surface area (Å²) in [5.41, 5.74) is 11.4. The molecule has 53 heavy (non-hydrogen) atoms. The largest absolute Gasteiger partial charge is 0.456 e. The molecule has 0 saturated heterocycles. The molecular formula is C49H31N3O. The fourth-order valence-electron chi connectivity index (χ4n) is 7.39. The number of fused-ring (bicyclic) bond motifs is 4. The van der Waals surface area contributed by atoms with E-state index < -0.39 is 0 Å². The van der Waals surface area contributed by atoms with Crippen molar-refractivity contribution in [2.45, 2.75) is 0 Å². The predicted molar refractivity (Wildman–Crippen MR) is 217 cm³/mol. The molecule has 2 aromatic heterocycles. The maximum absolute atomic E-state index is 6.26. The molecule has 8 aromatic carbocycles. The Kier molecular flexibility index (Phi) is 7.43. The Hall–Kier alpha value is -7.17. The van der Waals surface area contributed by atoms with Gasteiger partial charge in [0.2, 0.25) is 0 Å². The van der Waals surface area contributed by atoms with Gasteiger partial charge in [0.15, 0.2) is 17.5 Å². The highest BCUT2D eigenvalue weighted by molar-refractivity contribution is 6.16. The quantitative estimate of drug-likeness (QED) is 0.176. The molecule has 0 spiro atoms. The van der Waals surface area contributed by atoms with E-state index in [0.717, 1.165) is 71.7 Å². The van der Waals surface area contributed by atoms with Gasteiger partial charge in [-0.1, -0.05) is 164 Å². The second-order valence-corrected chi connectivity index (χ2v) is 13.2. The van der Waals surface area contributed by atoms with E-state index in [1.54, 1.807) is 0 Å². The van der Waals surface area contributed by atoms with Crippen LogP contribution >= 0.6 is 0 Å². The number of para-hydroxylation sites is 1. The lowest BCUT2D eigenvalue weighted by Crippen LogP contribution is -2.01. The topological polar surface area (TPSA) is 51.8 Å². The molecule has 4 nitrogen and oxygen atoms in total. The average molecular weight is 678 g/mol. The van der Waals surface area contributed by atoms with E-state index in [-0.39, 0.29) is 0 Å². The van der Waals surface area contributed by atoms with Crippen LogP contribution in [0.25, 0.3) is 100 Å². The van der Waals surface area contributed by atoms with Gasteiger partial charge in [0, 0.05) is 27.5 Å². The molecule has 10 rings (SSSR count). The van der Waals surface area contributed by atoms with Gasteiger partial charge in [-0.3, -0.25) is 0 Å². The van der Waals surface area contributed by atoms with E-state index in [1.165, 1.54) is 11.1 Å². The molecule has 0 aliphatic heterocycles. The summed E-state index contributed by atoms with van der Waals surface area (Å²) in [6.07, 6.45) is 0. The van der Waals surface area contributed by atoms with Crippen LogP contribution in [0.3, 0.4) is 0 Å². The zero-order valence-electron chi connectivity index (χ0n) is 28.6. The van der Waals surface area contributed by atoms with E-state index >= 15 is 0 Å². The van der Waals surface area contributed by atoms with Crippen LogP contribution in [0, 0.1) is 0 Å². The predicted octanol–water partition coefficient (Wildman–Crippen LogP) is 12.9. The SMILES string of the molecule is c1ccc(-c2ccc(-c3cccc(-c4nc(-c5ccccc5)nc(-c5ccc(-c6cccc7oc8ccccc8c67)c6ccccc56)n4)c3)cc2)cc1. The molecule has 2 heterocycles. The van der Waals surface area contributed by atoms with Crippen LogP contribution in [0.15, 0.2) is 192 Å². The Balaban J connectivity index is 1.11. The molecule has 10 aromatic rings. The summed E-state index contributed by atoms with van der Waals surface area (Å²) in [7, 11) is 0. The van der Waals surface area contributed by atoms with Crippen molar-refractivity contribution < 1.29 is 4.42 Å². The van der Waals surface area contributed by atoms with Crippen LogP contribution in [0.2, 0.25) is 0 Å². The maximum Gasteiger partial charge on any atom is 0.164 e. The highest BCUT2D eigenvalue weighted by Crippen LogP contribution is 2.41. The van der Waals surface area contributed by atoms with Crippen molar-refractivity contribution in [1.29, 1.82) is 0 Å².